The minimum atomic E-state index is -4.07. The van der Waals surface area contributed by atoms with Crippen molar-refractivity contribution in [2.24, 2.45) is 0 Å². The second-order valence-electron chi connectivity index (χ2n) is 10.5. The number of Topliss-reactive ketones (excluding diaryl/α,β-unsaturated/α-hetero) is 1. The van der Waals surface area contributed by atoms with Crippen LogP contribution in [0.25, 0.3) is 11.0 Å². The molecule has 0 amide bonds. The number of hydrogen-bond donors (Lipinski definition) is 1. The van der Waals surface area contributed by atoms with E-state index >= 15 is 0 Å². The molecule has 0 spiro atoms. The highest BCUT2D eigenvalue weighted by Crippen LogP contribution is 2.48. The van der Waals surface area contributed by atoms with E-state index in [1.807, 2.05) is 0 Å². The van der Waals surface area contributed by atoms with E-state index < -0.39 is 52.1 Å². The fourth-order valence-electron chi connectivity index (χ4n) is 4.20. The van der Waals surface area contributed by atoms with Gasteiger partial charge >= 0.3 is 13.8 Å². The molecule has 0 radical (unpaired) electrons. The largest absolute Gasteiger partial charge is 0.510 e. The number of nitrogens with zero attached hydrogens (tertiary/aromatic N) is 4. The predicted octanol–water partition coefficient (Wildman–Crippen LogP) is 4.13. The molecule has 0 aromatic carbocycles. The van der Waals surface area contributed by atoms with Gasteiger partial charge in [0.1, 0.15) is 12.2 Å². The van der Waals surface area contributed by atoms with Crippen LogP contribution in [-0.4, -0.2) is 95.8 Å². The van der Waals surface area contributed by atoms with Crippen molar-refractivity contribution in [3.05, 3.63) is 24.0 Å². The first kappa shape index (κ1) is 34.8. The van der Waals surface area contributed by atoms with Crippen LogP contribution in [0.5, 0.6) is 0 Å². The van der Waals surface area contributed by atoms with Crippen molar-refractivity contribution in [1.82, 2.24) is 19.7 Å². The van der Waals surface area contributed by atoms with Gasteiger partial charge in [-0.05, 0) is 52.3 Å². The zero-order valence-electron chi connectivity index (χ0n) is 25.3. The van der Waals surface area contributed by atoms with Crippen molar-refractivity contribution in [3.8, 4) is 0 Å². The average Bonchev–Trinajstić information content (AvgIpc) is 3.68. The molecule has 1 N–H and O–H groups in total. The fourth-order valence-corrected chi connectivity index (χ4v) is 5.35. The molecule has 19 heteroatoms. The summed E-state index contributed by atoms with van der Waals surface area (Å²) < 4.78 is 62.1. The molecule has 2 fully saturated rings. The van der Waals surface area contributed by atoms with Gasteiger partial charge in [0.05, 0.1) is 49.2 Å². The first-order chi connectivity index (χ1) is 21.4. The van der Waals surface area contributed by atoms with Crippen molar-refractivity contribution in [1.29, 1.82) is 0 Å². The SMILES string of the molecule is C=C(OCOP(=O)(COC[C@@H]1CC(=O)C(n2ncc3c(NC4CCOC4)nc(Cl)nc32)O1)OCOC(=O)OC(C)C)OC(C)C. The van der Waals surface area contributed by atoms with Gasteiger partial charge in [0.25, 0.3) is 5.95 Å². The highest BCUT2D eigenvalue weighted by molar-refractivity contribution is 7.53. The number of carbonyl (C=O) groups is 2. The lowest BCUT2D eigenvalue weighted by atomic mass is 10.2. The van der Waals surface area contributed by atoms with Crippen molar-refractivity contribution in [2.45, 2.75) is 71.1 Å². The number of aromatic nitrogens is 4. The molecule has 4 heterocycles. The van der Waals surface area contributed by atoms with Gasteiger partial charge in [0.2, 0.25) is 25.1 Å². The smallest absolute Gasteiger partial charge is 0.463 e. The number of fused-ring (bicyclic) bond motifs is 1. The maximum absolute atomic E-state index is 13.3. The van der Waals surface area contributed by atoms with E-state index in [1.165, 1.54) is 10.9 Å². The fraction of sp³-hybridized carbons (Fsp3) is 0.654. The standard InChI is InChI=1S/C26H37ClN5O12P/c1-15(2)42-17(5)38-12-40-45(35,41-13-39-26(34)43-16(3)4)14-37-11-19-8-21(33)24(44-19)32-23-20(9-28-32)22(30-25(27)31-23)29-18-6-7-36-10-18/h9,15-16,18-19,24H,5-8,10-14H2,1-4H3,(H,29,30,31)/t18?,19-,24?,45?/m0/s1. The molecular weight excluding hydrogens is 641 g/mol. The summed E-state index contributed by atoms with van der Waals surface area (Å²) in [4.78, 5) is 33.2. The first-order valence-corrected chi connectivity index (χ1v) is 16.2. The molecule has 2 aliphatic heterocycles. The van der Waals surface area contributed by atoms with Gasteiger partial charge in [-0.1, -0.05) is 0 Å². The Balaban J connectivity index is 1.35. The van der Waals surface area contributed by atoms with E-state index in [9.17, 15) is 14.2 Å². The van der Waals surface area contributed by atoms with Crippen LogP contribution in [0.3, 0.4) is 0 Å². The number of nitrogens with one attached hydrogen (secondary N) is 1. The van der Waals surface area contributed by atoms with Crippen molar-refractivity contribution >= 4 is 48.0 Å². The molecule has 2 aromatic heterocycles. The van der Waals surface area contributed by atoms with Crippen LogP contribution < -0.4 is 5.32 Å². The number of ether oxygens (including phenoxy) is 7. The quantitative estimate of drug-likeness (QED) is 0.0826. The summed E-state index contributed by atoms with van der Waals surface area (Å²) >= 11 is 6.19. The molecule has 4 atom stereocenters. The van der Waals surface area contributed by atoms with E-state index in [4.69, 9.17) is 53.8 Å². The normalized spacial score (nSPS) is 21.3. The highest BCUT2D eigenvalue weighted by Gasteiger charge is 2.38. The molecule has 2 aromatic rings. The summed E-state index contributed by atoms with van der Waals surface area (Å²) in [6.07, 6.45) is -1.79. The second kappa shape index (κ2) is 16.0. The Bertz CT molecular complexity index is 1350. The summed E-state index contributed by atoms with van der Waals surface area (Å²) in [7, 11) is -4.07. The summed E-state index contributed by atoms with van der Waals surface area (Å²) in [6.45, 7) is 10.1. The molecule has 17 nitrogen and oxygen atoms in total. The predicted molar refractivity (Wildman–Crippen MR) is 156 cm³/mol. The summed E-state index contributed by atoms with van der Waals surface area (Å²) in [6, 6.07) is 0.0523. The molecule has 0 saturated carbocycles. The van der Waals surface area contributed by atoms with Crippen LogP contribution in [0.2, 0.25) is 5.28 Å². The van der Waals surface area contributed by atoms with Gasteiger partial charge in [0, 0.05) is 13.0 Å². The first-order valence-electron chi connectivity index (χ1n) is 14.1. The number of anilines is 1. The molecule has 45 heavy (non-hydrogen) atoms. The van der Waals surface area contributed by atoms with E-state index in [0.717, 1.165) is 6.42 Å². The van der Waals surface area contributed by atoms with Crippen LogP contribution in [0, 0.1) is 0 Å². The van der Waals surface area contributed by atoms with Crippen molar-refractivity contribution in [3.63, 3.8) is 0 Å². The summed E-state index contributed by atoms with van der Waals surface area (Å²) in [5.41, 5.74) is 0.307. The van der Waals surface area contributed by atoms with E-state index in [2.05, 4.69) is 27.0 Å². The van der Waals surface area contributed by atoms with Crippen LogP contribution >= 0.6 is 19.2 Å². The van der Waals surface area contributed by atoms with Crippen LogP contribution in [0.15, 0.2) is 18.7 Å². The minimum absolute atomic E-state index is 0.0268. The highest BCUT2D eigenvalue weighted by atomic mass is 35.5. The van der Waals surface area contributed by atoms with Gasteiger partial charge < -0.3 is 38.5 Å². The Morgan fingerprint density at radius 1 is 1.18 bits per heavy atom. The van der Waals surface area contributed by atoms with Crippen LogP contribution in [0.4, 0.5) is 10.6 Å². The Morgan fingerprint density at radius 3 is 2.60 bits per heavy atom. The molecule has 4 rings (SSSR count). The van der Waals surface area contributed by atoms with Crippen molar-refractivity contribution < 1.29 is 56.4 Å². The van der Waals surface area contributed by atoms with E-state index in [-0.39, 0.29) is 42.2 Å². The van der Waals surface area contributed by atoms with Crippen LogP contribution in [0.1, 0.15) is 46.8 Å². The number of ketones is 1. The Morgan fingerprint density at radius 2 is 1.91 bits per heavy atom. The lowest BCUT2D eigenvalue weighted by molar-refractivity contribution is -0.128. The Labute approximate surface area is 264 Å². The van der Waals surface area contributed by atoms with Gasteiger partial charge in [-0.15, -0.1) is 0 Å². The third-order valence-corrected chi connectivity index (χ3v) is 7.76. The zero-order valence-corrected chi connectivity index (χ0v) is 27.0. The molecule has 0 bridgehead atoms. The second-order valence-corrected chi connectivity index (χ2v) is 12.8. The summed E-state index contributed by atoms with van der Waals surface area (Å²) in [5.74, 6) is 0.121. The molecule has 0 aliphatic carbocycles. The third kappa shape index (κ3) is 10.2. The number of carbonyl (C=O) groups excluding carboxylic acids is 2. The lowest BCUT2D eigenvalue weighted by Crippen LogP contribution is -2.21. The Kier molecular flexibility index (Phi) is 12.4. The topological polar surface area (TPSA) is 190 Å². The molecule has 2 aliphatic rings. The van der Waals surface area contributed by atoms with E-state index in [0.29, 0.717) is 30.1 Å². The zero-order chi connectivity index (χ0) is 32.6. The summed E-state index contributed by atoms with van der Waals surface area (Å²) in [5, 5.41) is 8.13. The maximum atomic E-state index is 13.3. The van der Waals surface area contributed by atoms with Gasteiger partial charge in [-0.25, -0.2) is 9.48 Å². The molecule has 2 saturated heterocycles. The van der Waals surface area contributed by atoms with Crippen molar-refractivity contribution in [2.75, 3.05) is 45.1 Å². The number of hydrogen-bond acceptors (Lipinski definition) is 16. The third-order valence-electron chi connectivity index (χ3n) is 6.09. The van der Waals surface area contributed by atoms with Crippen LogP contribution in [-0.2, 0) is 51.6 Å². The number of rotatable bonds is 17. The van der Waals surface area contributed by atoms with Gasteiger partial charge in [0.15, 0.2) is 11.4 Å². The average molecular weight is 678 g/mol. The monoisotopic (exact) mass is 677 g/mol. The van der Waals surface area contributed by atoms with Gasteiger partial charge in [-0.3, -0.25) is 18.4 Å². The molecule has 250 valence electrons. The number of halogens is 1. The molecular formula is C26H37ClN5O12P. The Hall–Kier alpha value is -3.05. The van der Waals surface area contributed by atoms with Gasteiger partial charge in [-0.2, -0.15) is 15.1 Å². The van der Waals surface area contributed by atoms with E-state index in [1.54, 1.807) is 27.7 Å². The minimum Gasteiger partial charge on any atom is -0.463 e. The lowest BCUT2D eigenvalue weighted by Gasteiger charge is -2.20. The molecule has 3 unspecified atom stereocenters. The maximum Gasteiger partial charge on any atom is 0.510 e.